The first-order chi connectivity index (χ1) is 34.8. The molecular formula is C58H70N6O9. The number of nitrogens with zero attached hydrogens (tertiary/aromatic N) is 6. The van der Waals surface area contributed by atoms with Gasteiger partial charge in [-0.25, -0.2) is 19.6 Å². The van der Waals surface area contributed by atoms with Gasteiger partial charge in [0, 0.05) is 61.5 Å². The van der Waals surface area contributed by atoms with Gasteiger partial charge in [-0.05, 0) is 35.8 Å². The third-order valence-corrected chi connectivity index (χ3v) is 12.9. The predicted octanol–water partition coefficient (Wildman–Crippen LogP) is 8.77. The molecule has 4 aromatic carbocycles. The van der Waals surface area contributed by atoms with Crippen molar-refractivity contribution in [3.05, 3.63) is 156 Å². The summed E-state index contributed by atoms with van der Waals surface area (Å²) in [5.74, 6) is -3.00. The Kier molecular flexibility index (Phi) is 17.2. The number of amides is 2. The van der Waals surface area contributed by atoms with Gasteiger partial charge >= 0.3 is 23.8 Å². The highest BCUT2D eigenvalue weighted by Crippen LogP contribution is 2.42. The molecule has 2 aliphatic heterocycles. The molecular weight excluding hydrogens is 925 g/mol. The number of hydrogen-bond acceptors (Lipinski definition) is 11. The van der Waals surface area contributed by atoms with Crippen LogP contribution in [0.4, 0.5) is 0 Å². The number of methoxy groups -OCH3 is 1. The van der Waals surface area contributed by atoms with Gasteiger partial charge < -0.3 is 43.0 Å². The van der Waals surface area contributed by atoms with E-state index in [2.05, 4.69) is 42.0 Å². The second-order valence-electron chi connectivity index (χ2n) is 21.4. The first-order valence-corrected chi connectivity index (χ1v) is 24.8. The maximum Gasteiger partial charge on any atom is 0.397 e. The highest BCUT2D eigenvalue weighted by atomic mass is 16.7. The van der Waals surface area contributed by atoms with E-state index >= 15 is 0 Å². The Morgan fingerprint density at radius 3 is 1.62 bits per heavy atom. The van der Waals surface area contributed by atoms with Crippen molar-refractivity contribution >= 4 is 23.8 Å². The zero-order valence-corrected chi connectivity index (χ0v) is 43.6. The Bertz CT molecular complexity index is 2770. The van der Waals surface area contributed by atoms with Crippen molar-refractivity contribution in [1.82, 2.24) is 28.9 Å². The van der Waals surface area contributed by atoms with Crippen LogP contribution in [0.2, 0.25) is 0 Å². The Hall–Kier alpha value is -6.94. The topological polar surface area (TPSA) is 168 Å². The average Bonchev–Trinajstić information content (AvgIpc) is 3.94. The molecule has 1 unspecified atom stereocenters. The van der Waals surface area contributed by atoms with Crippen molar-refractivity contribution < 1.29 is 43.2 Å². The lowest BCUT2D eigenvalue weighted by atomic mass is 9.84. The maximum atomic E-state index is 13.6. The number of hydrogen-bond donors (Lipinski definition) is 1. The summed E-state index contributed by atoms with van der Waals surface area (Å²) in [6.45, 7) is 18.2. The second-order valence-corrected chi connectivity index (χ2v) is 21.4. The SMILES string of the molecule is CC(C)(C)[C@H](c1nc(-c2ccccc2)cn1Cc1ccccc1)N1CC(CO)COC(=O)C1=O.COC(=O)C(=O)N(CC1COC(C)(C)OC1)[C@@H](c1nc(-c2ccccc2)cn1Cc1ccccc1)C(C)(C)C. The van der Waals surface area contributed by atoms with Gasteiger partial charge in [0.15, 0.2) is 5.79 Å². The normalized spacial score (nSPS) is 17.1. The van der Waals surface area contributed by atoms with Crippen molar-refractivity contribution in [2.75, 3.05) is 46.6 Å². The number of carbonyl (C=O) groups is 4. The largest absolute Gasteiger partial charge is 0.462 e. The van der Waals surface area contributed by atoms with E-state index in [-0.39, 0.29) is 38.1 Å². The molecule has 4 heterocycles. The summed E-state index contributed by atoms with van der Waals surface area (Å²) < 4.78 is 25.9. The van der Waals surface area contributed by atoms with E-state index in [1.54, 1.807) is 4.90 Å². The summed E-state index contributed by atoms with van der Waals surface area (Å²) in [6.07, 6.45) is 4.02. The molecule has 0 radical (unpaired) electrons. The Morgan fingerprint density at radius 2 is 1.16 bits per heavy atom. The van der Waals surface area contributed by atoms with Gasteiger partial charge in [-0.15, -0.1) is 0 Å². The Balaban J connectivity index is 0.000000216. The van der Waals surface area contributed by atoms with Gasteiger partial charge in [0.2, 0.25) is 0 Å². The van der Waals surface area contributed by atoms with Gasteiger partial charge in [0.25, 0.3) is 0 Å². The van der Waals surface area contributed by atoms with Crippen LogP contribution in [0.5, 0.6) is 0 Å². The third kappa shape index (κ3) is 13.6. The minimum absolute atomic E-state index is 0.0160. The molecule has 15 nitrogen and oxygen atoms in total. The van der Waals surface area contributed by atoms with Crippen LogP contribution in [0.1, 0.15) is 90.2 Å². The number of imidazole rings is 2. The van der Waals surface area contributed by atoms with Crippen LogP contribution in [0, 0.1) is 22.7 Å². The van der Waals surface area contributed by atoms with Gasteiger partial charge in [-0.1, -0.05) is 163 Å². The molecule has 386 valence electrons. The standard InChI is InChI=1S/C31H39N3O5.C27H31N3O4/c1-30(2,3)26(34(28(35)29(36)37-6)18-23-20-38-31(4,5)39-21-23)27-32-25(24-15-11-8-12-16-24)19-33(27)17-22-13-9-7-10-14-22;1-27(2,3)23(30-15-20(17-31)18-34-26(33)25(30)32)24-28-22(21-12-8-5-9-13-21)16-29(24)14-19-10-6-4-7-11-19/h7-16,19,23,26H,17-18,20-21H2,1-6H3;4-13,16,20,23,31H,14-15,17-18H2,1-3H3/t26-;20?,23-/m00/s1. The minimum Gasteiger partial charge on any atom is -0.462 e. The van der Waals surface area contributed by atoms with Crippen molar-refractivity contribution in [1.29, 1.82) is 0 Å². The van der Waals surface area contributed by atoms with Crippen molar-refractivity contribution in [3.63, 3.8) is 0 Å². The summed E-state index contributed by atoms with van der Waals surface area (Å²) in [4.78, 5) is 65.1. The molecule has 2 fully saturated rings. The first-order valence-electron chi connectivity index (χ1n) is 24.8. The summed E-state index contributed by atoms with van der Waals surface area (Å²) in [5, 5.41) is 9.81. The zero-order valence-electron chi connectivity index (χ0n) is 43.6. The molecule has 15 heteroatoms. The molecule has 8 rings (SSSR count). The molecule has 6 aromatic rings. The van der Waals surface area contributed by atoms with Crippen LogP contribution in [0.3, 0.4) is 0 Å². The second kappa shape index (κ2) is 23.3. The van der Waals surface area contributed by atoms with Gasteiger partial charge in [0.05, 0.1) is 57.0 Å². The predicted molar refractivity (Wildman–Crippen MR) is 277 cm³/mol. The quantitative estimate of drug-likeness (QED) is 0.0868. The van der Waals surface area contributed by atoms with Crippen LogP contribution in [-0.2, 0) is 51.2 Å². The molecule has 0 saturated carbocycles. The molecule has 0 spiro atoms. The van der Waals surface area contributed by atoms with E-state index in [9.17, 15) is 24.3 Å². The monoisotopic (exact) mass is 995 g/mol. The van der Waals surface area contributed by atoms with Gasteiger partial charge in [-0.2, -0.15) is 0 Å². The number of ether oxygens (including phenoxy) is 4. The smallest absolute Gasteiger partial charge is 0.397 e. The van der Waals surface area contributed by atoms with E-state index < -0.39 is 52.5 Å². The van der Waals surface area contributed by atoms with E-state index in [0.717, 1.165) is 33.6 Å². The lowest BCUT2D eigenvalue weighted by Gasteiger charge is -2.42. The van der Waals surface area contributed by atoms with Gasteiger partial charge in [-0.3, -0.25) is 9.59 Å². The van der Waals surface area contributed by atoms with Crippen LogP contribution in [0.25, 0.3) is 22.5 Å². The fourth-order valence-electron chi connectivity index (χ4n) is 9.33. The molecule has 73 heavy (non-hydrogen) atoms. The Labute approximate surface area is 429 Å². The van der Waals surface area contributed by atoms with Crippen LogP contribution in [0.15, 0.2) is 134 Å². The number of cyclic esters (lactones) is 1. The van der Waals surface area contributed by atoms with E-state index in [1.165, 1.54) is 12.0 Å². The third-order valence-electron chi connectivity index (χ3n) is 12.9. The van der Waals surface area contributed by atoms with Crippen LogP contribution in [-0.4, -0.2) is 110 Å². The number of benzene rings is 4. The molecule has 2 aliphatic rings. The van der Waals surface area contributed by atoms with Crippen molar-refractivity contribution in [2.24, 2.45) is 22.7 Å². The Morgan fingerprint density at radius 1 is 0.699 bits per heavy atom. The number of aliphatic hydroxyl groups is 1. The number of aromatic nitrogens is 4. The fourth-order valence-corrected chi connectivity index (χ4v) is 9.33. The molecule has 0 aliphatic carbocycles. The zero-order chi connectivity index (χ0) is 52.5. The van der Waals surface area contributed by atoms with E-state index in [4.69, 9.17) is 28.9 Å². The van der Waals surface area contributed by atoms with E-state index in [1.807, 2.05) is 156 Å². The highest BCUT2D eigenvalue weighted by molar-refractivity contribution is 6.33. The highest BCUT2D eigenvalue weighted by Gasteiger charge is 2.45. The number of carbonyl (C=O) groups excluding carboxylic acids is 4. The minimum atomic E-state index is -0.910. The summed E-state index contributed by atoms with van der Waals surface area (Å²) >= 11 is 0. The average molecular weight is 995 g/mol. The molecule has 2 saturated heterocycles. The lowest BCUT2D eigenvalue weighted by Crippen LogP contribution is -2.50. The van der Waals surface area contributed by atoms with Gasteiger partial charge in [0.1, 0.15) is 11.6 Å². The molecule has 2 amide bonds. The summed E-state index contributed by atoms with van der Waals surface area (Å²) in [6, 6.07) is 39.0. The fraction of sp³-hybridized carbons (Fsp3) is 0.414. The number of rotatable bonds is 13. The maximum absolute atomic E-state index is 13.6. The van der Waals surface area contributed by atoms with Crippen molar-refractivity contribution in [2.45, 2.75) is 86.4 Å². The van der Waals surface area contributed by atoms with Crippen LogP contribution < -0.4 is 0 Å². The molecule has 3 atom stereocenters. The summed E-state index contributed by atoms with van der Waals surface area (Å²) in [7, 11) is 1.23. The molecule has 2 aromatic heterocycles. The van der Waals surface area contributed by atoms with Crippen LogP contribution >= 0.6 is 0 Å². The lowest BCUT2D eigenvalue weighted by molar-refractivity contribution is -0.263. The first kappa shape index (κ1) is 53.8. The van der Waals surface area contributed by atoms with Crippen molar-refractivity contribution in [3.8, 4) is 22.5 Å². The summed E-state index contributed by atoms with van der Waals surface area (Å²) in [5.41, 5.74) is 4.81. The molecule has 1 N–H and O–H groups in total. The molecule has 0 bridgehead atoms. The number of esters is 2. The van der Waals surface area contributed by atoms with E-state index in [0.29, 0.717) is 38.0 Å². The number of aliphatic hydroxyl groups excluding tert-OH is 1.